The molecule has 2 saturated heterocycles. The lowest BCUT2D eigenvalue weighted by atomic mass is 10.2. The van der Waals surface area contributed by atoms with Crippen LogP contribution in [0.5, 0.6) is 0 Å². The summed E-state index contributed by atoms with van der Waals surface area (Å²) >= 11 is 0. The molecule has 2 heterocycles. The first-order valence-electron chi connectivity index (χ1n) is 6.72. The summed E-state index contributed by atoms with van der Waals surface area (Å²) in [5.74, 6) is 0.110. The van der Waals surface area contributed by atoms with Crippen molar-refractivity contribution in [2.24, 2.45) is 0 Å². The Morgan fingerprint density at radius 2 is 2.22 bits per heavy atom. The van der Waals surface area contributed by atoms with Crippen molar-refractivity contribution in [3.8, 4) is 0 Å². The van der Waals surface area contributed by atoms with Gasteiger partial charge in [-0.15, -0.1) is 0 Å². The lowest BCUT2D eigenvalue weighted by molar-refractivity contribution is -0.142. The molecule has 2 aliphatic heterocycles. The summed E-state index contributed by atoms with van der Waals surface area (Å²) in [6.45, 7) is 5.91. The fourth-order valence-electron chi connectivity index (χ4n) is 2.48. The summed E-state index contributed by atoms with van der Waals surface area (Å²) in [5.41, 5.74) is 0. The van der Waals surface area contributed by atoms with Gasteiger partial charge in [-0.25, -0.2) is 0 Å². The summed E-state index contributed by atoms with van der Waals surface area (Å²) in [6.07, 6.45) is 1.08. The topological polar surface area (TPSA) is 65.0 Å². The third-order valence-electron chi connectivity index (χ3n) is 3.55. The zero-order valence-corrected chi connectivity index (χ0v) is 10.8. The quantitative estimate of drug-likeness (QED) is 0.644. The van der Waals surface area contributed by atoms with Crippen molar-refractivity contribution in [3.63, 3.8) is 0 Å². The van der Waals surface area contributed by atoms with E-state index in [1.54, 1.807) is 4.90 Å². The van der Waals surface area contributed by atoms with E-state index in [1.165, 1.54) is 0 Å². The van der Waals surface area contributed by atoms with Gasteiger partial charge in [-0.1, -0.05) is 0 Å². The number of morpholine rings is 1. The van der Waals surface area contributed by atoms with E-state index in [4.69, 9.17) is 4.74 Å². The largest absolute Gasteiger partial charge is 0.394 e. The highest BCUT2D eigenvalue weighted by molar-refractivity contribution is 5.78. The molecule has 0 aromatic heterocycles. The van der Waals surface area contributed by atoms with Gasteiger partial charge in [0.05, 0.1) is 32.4 Å². The number of aliphatic hydroxyl groups excluding tert-OH is 1. The van der Waals surface area contributed by atoms with Crippen LogP contribution in [-0.4, -0.2) is 85.9 Å². The van der Waals surface area contributed by atoms with Gasteiger partial charge in [0.25, 0.3) is 0 Å². The molecule has 2 rings (SSSR count). The minimum Gasteiger partial charge on any atom is -0.394 e. The SMILES string of the molecule is O=C(CN1CCCNCC1)N1CCOCC1CO. The molecule has 0 aromatic carbocycles. The molecule has 0 bridgehead atoms. The van der Waals surface area contributed by atoms with E-state index in [9.17, 15) is 9.90 Å². The van der Waals surface area contributed by atoms with Gasteiger partial charge in [0.2, 0.25) is 5.91 Å². The lowest BCUT2D eigenvalue weighted by Crippen LogP contribution is -2.53. The number of aliphatic hydroxyl groups is 1. The minimum atomic E-state index is -0.170. The van der Waals surface area contributed by atoms with Gasteiger partial charge in [-0.3, -0.25) is 9.69 Å². The maximum atomic E-state index is 12.2. The van der Waals surface area contributed by atoms with Gasteiger partial charge in [-0.05, 0) is 19.5 Å². The van der Waals surface area contributed by atoms with Crippen molar-refractivity contribution in [3.05, 3.63) is 0 Å². The van der Waals surface area contributed by atoms with Crippen LogP contribution in [0.1, 0.15) is 6.42 Å². The molecule has 1 atom stereocenters. The molecule has 0 radical (unpaired) electrons. The van der Waals surface area contributed by atoms with Crippen LogP contribution >= 0.6 is 0 Å². The monoisotopic (exact) mass is 257 g/mol. The molecule has 1 unspecified atom stereocenters. The number of hydrogen-bond acceptors (Lipinski definition) is 5. The minimum absolute atomic E-state index is 0.0205. The van der Waals surface area contributed by atoms with Gasteiger partial charge in [0.1, 0.15) is 0 Å². The van der Waals surface area contributed by atoms with Crippen molar-refractivity contribution in [1.29, 1.82) is 0 Å². The molecule has 2 aliphatic rings. The van der Waals surface area contributed by atoms with Crippen molar-refractivity contribution in [2.45, 2.75) is 12.5 Å². The number of nitrogens with one attached hydrogen (secondary N) is 1. The first-order chi connectivity index (χ1) is 8.81. The molecule has 6 nitrogen and oxygen atoms in total. The normalized spacial score (nSPS) is 26.9. The Labute approximate surface area is 108 Å². The van der Waals surface area contributed by atoms with Gasteiger partial charge in [-0.2, -0.15) is 0 Å². The first kappa shape index (κ1) is 13.7. The Hall–Kier alpha value is -0.690. The Balaban J connectivity index is 1.85. The molecule has 104 valence electrons. The Kier molecular flexibility index (Phi) is 5.37. The third kappa shape index (κ3) is 3.65. The number of nitrogens with zero attached hydrogens (tertiary/aromatic N) is 2. The predicted molar refractivity (Wildman–Crippen MR) is 67.3 cm³/mol. The van der Waals surface area contributed by atoms with Crippen molar-refractivity contribution < 1.29 is 14.6 Å². The lowest BCUT2D eigenvalue weighted by Gasteiger charge is -2.35. The first-order valence-corrected chi connectivity index (χ1v) is 6.72. The molecule has 0 spiro atoms. The van der Waals surface area contributed by atoms with Crippen molar-refractivity contribution >= 4 is 5.91 Å². The second kappa shape index (κ2) is 7.04. The van der Waals surface area contributed by atoms with Crippen molar-refractivity contribution in [2.75, 3.05) is 59.1 Å². The summed E-state index contributed by atoms with van der Waals surface area (Å²) in [6, 6.07) is -0.170. The van der Waals surface area contributed by atoms with Crippen LogP contribution in [0, 0.1) is 0 Å². The standard InChI is InChI=1S/C12H23N3O3/c16-9-11-10-18-7-6-15(11)12(17)8-14-4-1-2-13-3-5-14/h11,13,16H,1-10H2. The number of amides is 1. The highest BCUT2D eigenvalue weighted by atomic mass is 16.5. The average Bonchev–Trinajstić information content (AvgIpc) is 2.67. The van der Waals surface area contributed by atoms with E-state index in [1.807, 2.05) is 0 Å². The van der Waals surface area contributed by atoms with E-state index < -0.39 is 0 Å². The summed E-state index contributed by atoms with van der Waals surface area (Å²) < 4.78 is 5.29. The molecule has 0 aliphatic carbocycles. The van der Waals surface area contributed by atoms with E-state index in [0.29, 0.717) is 26.3 Å². The molecular weight excluding hydrogens is 234 g/mol. The van der Waals surface area contributed by atoms with Gasteiger partial charge >= 0.3 is 0 Å². The zero-order valence-electron chi connectivity index (χ0n) is 10.8. The van der Waals surface area contributed by atoms with E-state index in [2.05, 4.69) is 10.2 Å². The van der Waals surface area contributed by atoms with E-state index in [0.717, 1.165) is 32.6 Å². The predicted octanol–water partition coefficient (Wildman–Crippen LogP) is -1.50. The van der Waals surface area contributed by atoms with Crippen LogP contribution in [0.4, 0.5) is 0 Å². The smallest absolute Gasteiger partial charge is 0.237 e. The van der Waals surface area contributed by atoms with E-state index in [-0.39, 0.29) is 18.6 Å². The Bertz CT molecular complexity index is 267. The molecule has 0 aromatic rings. The summed E-state index contributed by atoms with van der Waals surface area (Å²) in [5, 5.41) is 12.6. The maximum Gasteiger partial charge on any atom is 0.237 e. The fourth-order valence-corrected chi connectivity index (χ4v) is 2.48. The Morgan fingerprint density at radius 1 is 1.33 bits per heavy atom. The molecule has 2 fully saturated rings. The van der Waals surface area contributed by atoms with Gasteiger partial charge < -0.3 is 20.1 Å². The van der Waals surface area contributed by atoms with Crippen LogP contribution in [-0.2, 0) is 9.53 Å². The number of carbonyl (C=O) groups is 1. The summed E-state index contributed by atoms with van der Waals surface area (Å²) in [7, 11) is 0. The Morgan fingerprint density at radius 3 is 3.06 bits per heavy atom. The fraction of sp³-hybridized carbons (Fsp3) is 0.917. The summed E-state index contributed by atoms with van der Waals surface area (Å²) in [4.78, 5) is 16.2. The van der Waals surface area contributed by atoms with Crippen LogP contribution in [0.15, 0.2) is 0 Å². The number of rotatable bonds is 3. The van der Waals surface area contributed by atoms with Crippen LogP contribution in [0.2, 0.25) is 0 Å². The second-order valence-electron chi connectivity index (χ2n) is 4.88. The molecular formula is C12H23N3O3. The van der Waals surface area contributed by atoms with E-state index >= 15 is 0 Å². The second-order valence-corrected chi connectivity index (χ2v) is 4.88. The highest BCUT2D eigenvalue weighted by Gasteiger charge is 2.27. The van der Waals surface area contributed by atoms with Crippen molar-refractivity contribution in [1.82, 2.24) is 15.1 Å². The number of hydrogen-bond donors (Lipinski definition) is 2. The molecule has 18 heavy (non-hydrogen) atoms. The van der Waals surface area contributed by atoms with Crippen LogP contribution in [0.25, 0.3) is 0 Å². The van der Waals surface area contributed by atoms with Gasteiger partial charge in [0.15, 0.2) is 0 Å². The van der Waals surface area contributed by atoms with Crippen LogP contribution < -0.4 is 5.32 Å². The van der Waals surface area contributed by atoms with Gasteiger partial charge in [0, 0.05) is 19.6 Å². The highest BCUT2D eigenvalue weighted by Crippen LogP contribution is 2.08. The molecule has 0 saturated carbocycles. The zero-order chi connectivity index (χ0) is 12.8. The molecule has 1 amide bonds. The number of ether oxygens (including phenoxy) is 1. The maximum absolute atomic E-state index is 12.2. The number of carbonyl (C=O) groups excluding carboxylic acids is 1. The van der Waals surface area contributed by atoms with Crippen LogP contribution in [0.3, 0.4) is 0 Å². The average molecular weight is 257 g/mol. The molecule has 6 heteroatoms. The molecule has 2 N–H and O–H groups in total. The third-order valence-corrected chi connectivity index (χ3v) is 3.55.